The van der Waals surface area contributed by atoms with Crippen molar-refractivity contribution >= 4 is 23.4 Å². The second-order valence-corrected chi connectivity index (χ2v) is 12.0. The van der Waals surface area contributed by atoms with Crippen LogP contribution in [0.3, 0.4) is 0 Å². The summed E-state index contributed by atoms with van der Waals surface area (Å²) in [6.45, 7) is 10.7. The van der Waals surface area contributed by atoms with E-state index < -0.39 is 11.7 Å². The highest BCUT2D eigenvalue weighted by Crippen LogP contribution is 2.56. The van der Waals surface area contributed by atoms with Crippen molar-refractivity contribution in [1.82, 2.24) is 24.8 Å². The first-order valence-corrected chi connectivity index (χ1v) is 13.6. The Bertz CT molecular complexity index is 1300. The number of alkyl halides is 1. The molecule has 200 valence electrons. The lowest BCUT2D eigenvalue weighted by molar-refractivity contribution is -0.151. The van der Waals surface area contributed by atoms with Crippen LogP contribution >= 0.6 is 0 Å². The standard InChI is InChI=1S/C28H35FN8O/c1-18-13-36(26(38)27(3,4)34-14-21(29)15-34)19(2)12-35(18)24-23-25(33-17-32-24)37(16-28(23)7-5-8-28)22-10-20(11-30)6-9-31-22/h6,9-10,17-19,21H,5,7-8,12-16H2,1-4H3/t18-,19+/m0/s1. The molecule has 6 rings (SSSR count). The van der Waals surface area contributed by atoms with E-state index in [0.717, 1.165) is 43.3 Å². The lowest BCUT2D eigenvalue weighted by Crippen LogP contribution is -2.68. The Morgan fingerprint density at radius 1 is 1.11 bits per heavy atom. The highest BCUT2D eigenvalue weighted by atomic mass is 19.1. The van der Waals surface area contributed by atoms with Gasteiger partial charge in [0.1, 0.15) is 30.0 Å². The number of hydrogen-bond donors (Lipinski definition) is 0. The van der Waals surface area contributed by atoms with Crippen LogP contribution in [0.1, 0.15) is 58.1 Å². The van der Waals surface area contributed by atoms with Crippen LogP contribution in [0.5, 0.6) is 0 Å². The number of hydrogen-bond acceptors (Lipinski definition) is 8. The predicted molar refractivity (Wildman–Crippen MR) is 142 cm³/mol. The number of aromatic nitrogens is 3. The van der Waals surface area contributed by atoms with Crippen molar-refractivity contribution < 1.29 is 9.18 Å². The molecule has 2 atom stereocenters. The van der Waals surface area contributed by atoms with Gasteiger partial charge in [0.25, 0.3) is 0 Å². The fourth-order valence-corrected chi connectivity index (χ4v) is 6.63. The minimum atomic E-state index is -0.842. The molecule has 0 unspecified atom stereocenters. The molecule has 9 nitrogen and oxygen atoms in total. The van der Waals surface area contributed by atoms with E-state index >= 15 is 0 Å². The van der Waals surface area contributed by atoms with Crippen molar-refractivity contribution in [1.29, 1.82) is 5.26 Å². The Kier molecular flexibility index (Phi) is 5.83. The second kappa shape index (κ2) is 8.87. The molecule has 3 aliphatic heterocycles. The molecule has 0 aromatic carbocycles. The van der Waals surface area contributed by atoms with E-state index in [-0.39, 0.29) is 23.4 Å². The van der Waals surface area contributed by atoms with Crippen molar-refractivity contribution in [2.45, 2.75) is 76.2 Å². The minimum absolute atomic E-state index is 0.0186. The van der Waals surface area contributed by atoms with Gasteiger partial charge < -0.3 is 14.7 Å². The molecule has 1 saturated carbocycles. The zero-order valence-corrected chi connectivity index (χ0v) is 22.6. The van der Waals surface area contributed by atoms with Crippen molar-refractivity contribution in [2.75, 3.05) is 42.5 Å². The van der Waals surface area contributed by atoms with E-state index in [4.69, 9.17) is 9.97 Å². The predicted octanol–water partition coefficient (Wildman–Crippen LogP) is 3.17. The molecule has 2 saturated heterocycles. The number of pyridine rings is 1. The smallest absolute Gasteiger partial charge is 0.242 e. The molecule has 0 radical (unpaired) electrons. The van der Waals surface area contributed by atoms with Gasteiger partial charge in [0.05, 0.1) is 17.2 Å². The van der Waals surface area contributed by atoms with Crippen LogP contribution in [0.15, 0.2) is 24.7 Å². The van der Waals surface area contributed by atoms with Crippen molar-refractivity contribution in [2.24, 2.45) is 0 Å². The molecule has 1 amide bonds. The average Bonchev–Trinajstić information content (AvgIpc) is 3.24. The maximum absolute atomic E-state index is 13.6. The van der Waals surface area contributed by atoms with Crippen molar-refractivity contribution in [3.05, 3.63) is 35.8 Å². The number of halogens is 1. The number of anilines is 3. The quantitative estimate of drug-likeness (QED) is 0.610. The van der Waals surface area contributed by atoms with Crippen LogP contribution in [0.2, 0.25) is 0 Å². The number of nitrogens with zero attached hydrogens (tertiary/aromatic N) is 8. The molecule has 0 N–H and O–H groups in total. The van der Waals surface area contributed by atoms with Gasteiger partial charge in [-0.1, -0.05) is 6.42 Å². The monoisotopic (exact) mass is 518 g/mol. The maximum atomic E-state index is 13.6. The van der Waals surface area contributed by atoms with E-state index in [0.29, 0.717) is 31.7 Å². The van der Waals surface area contributed by atoms with Crippen molar-refractivity contribution in [3.63, 3.8) is 0 Å². The van der Waals surface area contributed by atoms with E-state index in [2.05, 4.69) is 34.7 Å². The van der Waals surface area contributed by atoms with E-state index in [9.17, 15) is 14.4 Å². The third-order valence-electron chi connectivity index (χ3n) is 9.19. The summed E-state index contributed by atoms with van der Waals surface area (Å²) in [6, 6.07) is 5.79. The van der Waals surface area contributed by atoms with Gasteiger partial charge in [0, 0.05) is 62.0 Å². The summed E-state index contributed by atoms with van der Waals surface area (Å²) in [4.78, 5) is 36.2. The number of carbonyl (C=O) groups excluding carboxylic acids is 1. The highest BCUT2D eigenvalue weighted by molar-refractivity contribution is 5.86. The molecule has 1 aliphatic carbocycles. The van der Waals surface area contributed by atoms with Gasteiger partial charge in [0.15, 0.2) is 0 Å². The summed E-state index contributed by atoms with van der Waals surface area (Å²) >= 11 is 0. The summed E-state index contributed by atoms with van der Waals surface area (Å²) in [6.07, 6.45) is 5.76. The first-order chi connectivity index (χ1) is 18.1. The maximum Gasteiger partial charge on any atom is 0.242 e. The molecule has 38 heavy (non-hydrogen) atoms. The average molecular weight is 519 g/mol. The number of carbonyl (C=O) groups is 1. The lowest BCUT2D eigenvalue weighted by Gasteiger charge is -2.51. The molecular formula is C28H35FN8O. The van der Waals surface area contributed by atoms with E-state index in [1.165, 1.54) is 5.56 Å². The molecule has 10 heteroatoms. The topological polar surface area (TPSA) is 92.5 Å². The van der Waals surface area contributed by atoms with Gasteiger partial charge in [-0.3, -0.25) is 9.69 Å². The highest BCUT2D eigenvalue weighted by Gasteiger charge is 2.52. The summed E-state index contributed by atoms with van der Waals surface area (Å²) in [5.41, 5.74) is 0.987. The van der Waals surface area contributed by atoms with Crippen LogP contribution < -0.4 is 9.80 Å². The van der Waals surface area contributed by atoms with E-state index in [1.807, 2.05) is 29.7 Å². The Balaban J connectivity index is 1.30. The zero-order chi connectivity index (χ0) is 26.8. The van der Waals surface area contributed by atoms with Crippen LogP contribution in [-0.2, 0) is 10.2 Å². The summed E-state index contributed by atoms with van der Waals surface area (Å²) in [5.74, 6) is 2.61. The molecule has 1 spiro atoms. The molecule has 3 fully saturated rings. The van der Waals surface area contributed by atoms with Gasteiger partial charge in [0.2, 0.25) is 5.91 Å². The molecule has 5 heterocycles. The number of amides is 1. The fraction of sp³-hybridized carbons (Fsp3) is 0.607. The first kappa shape index (κ1) is 25.0. The second-order valence-electron chi connectivity index (χ2n) is 12.0. The molecule has 2 aromatic heterocycles. The van der Waals surface area contributed by atoms with Gasteiger partial charge in [-0.05, 0) is 52.7 Å². The fourth-order valence-electron chi connectivity index (χ4n) is 6.63. The van der Waals surface area contributed by atoms with Gasteiger partial charge in [-0.25, -0.2) is 19.3 Å². The Labute approximate surface area is 223 Å². The number of likely N-dealkylation sites (tertiary alicyclic amines) is 1. The molecule has 2 aromatic rings. The van der Waals surface area contributed by atoms with Crippen LogP contribution in [0, 0.1) is 11.3 Å². The van der Waals surface area contributed by atoms with Crippen LogP contribution in [-0.4, -0.2) is 87.2 Å². The number of nitriles is 1. The molecule has 4 aliphatic rings. The Morgan fingerprint density at radius 3 is 2.50 bits per heavy atom. The van der Waals surface area contributed by atoms with Gasteiger partial charge in [-0.15, -0.1) is 0 Å². The van der Waals surface area contributed by atoms with Crippen LogP contribution in [0.4, 0.5) is 21.8 Å². The summed E-state index contributed by atoms with van der Waals surface area (Å²) in [5, 5.41) is 9.42. The van der Waals surface area contributed by atoms with E-state index in [1.54, 1.807) is 18.6 Å². The molecule has 0 bridgehead atoms. The van der Waals surface area contributed by atoms with Gasteiger partial charge >= 0.3 is 0 Å². The number of piperazine rings is 1. The Morgan fingerprint density at radius 2 is 1.84 bits per heavy atom. The summed E-state index contributed by atoms with van der Waals surface area (Å²) < 4.78 is 13.6. The van der Waals surface area contributed by atoms with Crippen LogP contribution in [0.25, 0.3) is 0 Å². The largest absolute Gasteiger partial charge is 0.350 e. The number of rotatable bonds is 4. The summed E-state index contributed by atoms with van der Waals surface area (Å²) in [7, 11) is 0. The SMILES string of the molecule is C[C@@H]1CN(c2ncnc3c2C2(CCC2)CN3c2cc(C#N)ccn2)[C@@H](C)CN1C(=O)C(C)(C)N1CC(F)C1. The minimum Gasteiger partial charge on any atom is -0.350 e. The molecular weight excluding hydrogens is 483 g/mol. The number of fused-ring (bicyclic) bond motifs is 2. The normalized spacial score (nSPS) is 25.1. The Hall–Kier alpha value is -3.32. The van der Waals surface area contributed by atoms with Gasteiger partial charge in [-0.2, -0.15) is 5.26 Å². The lowest BCUT2D eigenvalue weighted by atomic mass is 9.66. The van der Waals surface area contributed by atoms with Crippen molar-refractivity contribution in [3.8, 4) is 6.07 Å². The first-order valence-electron chi connectivity index (χ1n) is 13.6. The third kappa shape index (κ3) is 3.74. The third-order valence-corrected chi connectivity index (χ3v) is 9.19. The zero-order valence-electron chi connectivity index (χ0n) is 22.6.